The number of nitrogens with zero attached hydrogens (tertiary/aromatic N) is 4. The fourth-order valence-corrected chi connectivity index (χ4v) is 1.83. The zero-order valence-electron chi connectivity index (χ0n) is 8.39. The number of rotatable bonds is 3. The molecule has 0 saturated carbocycles. The van der Waals surface area contributed by atoms with Gasteiger partial charge in [-0.3, -0.25) is 4.57 Å². The van der Waals surface area contributed by atoms with Gasteiger partial charge in [0.2, 0.25) is 0 Å². The molecule has 0 aliphatic carbocycles. The average Bonchev–Trinajstić information content (AvgIpc) is 2.67. The standard InChI is InChI=1S/C10H11BrN4/c1-2-3-9-13-4-5-15(9)10-8(11)6-12-7-14-10/h4-7H,2-3H2,1H3. The lowest BCUT2D eigenvalue weighted by Crippen LogP contribution is -2.03. The van der Waals surface area contributed by atoms with Gasteiger partial charge >= 0.3 is 0 Å². The van der Waals surface area contributed by atoms with Crippen LogP contribution in [0.4, 0.5) is 0 Å². The minimum atomic E-state index is 0.839. The SMILES string of the molecule is CCCc1nccn1-c1ncncc1Br. The lowest BCUT2D eigenvalue weighted by Gasteiger charge is -2.06. The second-order valence-corrected chi connectivity index (χ2v) is 4.01. The van der Waals surface area contributed by atoms with Crippen molar-refractivity contribution in [2.45, 2.75) is 19.8 Å². The molecule has 2 heterocycles. The summed E-state index contributed by atoms with van der Waals surface area (Å²) in [5.41, 5.74) is 0. The number of hydrogen-bond donors (Lipinski definition) is 0. The van der Waals surface area contributed by atoms with Crippen molar-refractivity contribution >= 4 is 15.9 Å². The quantitative estimate of drug-likeness (QED) is 0.857. The molecule has 0 aromatic carbocycles. The summed E-state index contributed by atoms with van der Waals surface area (Å²) in [6, 6.07) is 0. The molecule has 0 fully saturated rings. The lowest BCUT2D eigenvalue weighted by atomic mass is 10.3. The molecule has 0 atom stereocenters. The van der Waals surface area contributed by atoms with Crippen LogP contribution in [0.3, 0.4) is 0 Å². The Morgan fingerprint density at radius 3 is 3.00 bits per heavy atom. The van der Waals surface area contributed by atoms with E-state index in [9.17, 15) is 0 Å². The zero-order chi connectivity index (χ0) is 10.7. The summed E-state index contributed by atoms with van der Waals surface area (Å²) in [5, 5.41) is 0. The van der Waals surface area contributed by atoms with Crippen LogP contribution in [0.5, 0.6) is 0 Å². The Morgan fingerprint density at radius 1 is 1.40 bits per heavy atom. The van der Waals surface area contributed by atoms with E-state index in [4.69, 9.17) is 0 Å². The fourth-order valence-electron chi connectivity index (χ4n) is 1.42. The van der Waals surface area contributed by atoms with Gasteiger partial charge in [0.1, 0.15) is 12.2 Å². The van der Waals surface area contributed by atoms with E-state index >= 15 is 0 Å². The molecule has 4 nitrogen and oxygen atoms in total. The summed E-state index contributed by atoms with van der Waals surface area (Å²) in [4.78, 5) is 12.5. The lowest BCUT2D eigenvalue weighted by molar-refractivity contribution is 0.793. The molecular formula is C10H11BrN4. The van der Waals surface area contributed by atoms with Crippen LogP contribution in [-0.2, 0) is 6.42 Å². The number of hydrogen-bond acceptors (Lipinski definition) is 3. The van der Waals surface area contributed by atoms with E-state index in [1.807, 2.05) is 10.8 Å². The van der Waals surface area contributed by atoms with E-state index in [1.165, 1.54) is 6.33 Å². The Morgan fingerprint density at radius 2 is 2.27 bits per heavy atom. The molecule has 0 saturated heterocycles. The molecule has 0 aliphatic heterocycles. The van der Waals surface area contributed by atoms with Crippen molar-refractivity contribution in [3.05, 3.63) is 35.2 Å². The van der Waals surface area contributed by atoms with Gasteiger partial charge in [-0.1, -0.05) is 6.92 Å². The van der Waals surface area contributed by atoms with Crippen LogP contribution in [0.25, 0.3) is 5.82 Å². The highest BCUT2D eigenvalue weighted by Crippen LogP contribution is 2.18. The topological polar surface area (TPSA) is 43.6 Å². The minimum absolute atomic E-state index is 0.839. The first-order valence-electron chi connectivity index (χ1n) is 4.81. The Labute approximate surface area is 96.5 Å². The fraction of sp³-hybridized carbons (Fsp3) is 0.300. The first kappa shape index (κ1) is 10.3. The molecule has 0 unspecified atom stereocenters. The maximum absolute atomic E-state index is 4.31. The van der Waals surface area contributed by atoms with Gasteiger partial charge in [0.25, 0.3) is 0 Å². The van der Waals surface area contributed by atoms with E-state index in [-0.39, 0.29) is 0 Å². The summed E-state index contributed by atoms with van der Waals surface area (Å²) in [6.07, 6.45) is 8.99. The molecule has 15 heavy (non-hydrogen) atoms. The Bertz CT molecular complexity index is 452. The molecular weight excluding hydrogens is 256 g/mol. The van der Waals surface area contributed by atoms with Gasteiger partial charge in [0, 0.05) is 25.0 Å². The van der Waals surface area contributed by atoms with Crippen molar-refractivity contribution in [2.75, 3.05) is 0 Å². The van der Waals surface area contributed by atoms with Gasteiger partial charge < -0.3 is 0 Å². The second-order valence-electron chi connectivity index (χ2n) is 3.16. The van der Waals surface area contributed by atoms with Crippen molar-refractivity contribution in [2.24, 2.45) is 0 Å². The van der Waals surface area contributed by atoms with Crippen LogP contribution in [0.15, 0.2) is 29.4 Å². The molecule has 0 spiro atoms. The van der Waals surface area contributed by atoms with Crippen molar-refractivity contribution in [1.82, 2.24) is 19.5 Å². The van der Waals surface area contributed by atoms with Crippen molar-refractivity contribution in [3.8, 4) is 5.82 Å². The van der Waals surface area contributed by atoms with E-state index in [2.05, 4.69) is 37.8 Å². The summed E-state index contributed by atoms with van der Waals surface area (Å²) in [5.74, 6) is 1.86. The second kappa shape index (κ2) is 4.53. The first-order valence-corrected chi connectivity index (χ1v) is 5.60. The smallest absolute Gasteiger partial charge is 0.155 e. The molecule has 0 radical (unpaired) electrons. The highest BCUT2D eigenvalue weighted by atomic mass is 79.9. The summed E-state index contributed by atoms with van der Waals surface area (Å²) in [7, 11) is 0. The van der Waals surface area contributed by atoms with Crippen LogP contribution >= 0.6 is 15.9 Å². The van der Waals surface area contributed by atoms with Crippen molar-refractivity contribution in [3.63, 3.8) is 0 Å². The van der Waals surface area contributed by atoms with Crippen LogP contribution in [0.2, 0.25) is 0 Å². The Kier molecular flexibility index (Phi) is 3.11. The Balaban J connectivity index is 2.45. The van der Waals surface area contributed by atoms with E-state index in [0.717, 1.165) is 29.0 Å². The molecule has 2 aromatic rings. The van der Waals surface area contributed by atoms with Gasteiger partial charge in [-0.05, 0) is 22.4 Å². The normalized spacial score (nSPS) is 10.5. The van der Waals surface area contributed by atoms with E-state index in [0.29, 0.717) is 0 Å². The highest BCUT2D eigenvalue weighted by molar-refractivity contribution is 9.10. The van der Waals surface area contributed by atoms with Crippen LogP contribution < -0.4 is 0 Å². The number of aromatic nitrogens is 4. The van der Waals surface area contributed by atoms with Crippen LogP contribution in [0.1, 0.15) is 19.2 Å². The monoisotopic (exact) mass is 266 g/mol. The maximum atomic E-state index is 4.31. The van der Waals surface area contributed by atoms with Crippen molar-refractivity contribution < 1.29 is 0 Å². The third kappa shape index (κ3) is 2.07. The van der Waals surface area contributed by atoms with Gasteiger partial charge in [0.05, 0.1) is 4.47 Å². The van der Waals surface area contributed by atoms with Gasteiger partial charge in [-0.15, -0.1) is 0 Å². The number of imidazole rings is 1. The average molecular weight is 267 g/mol. The minimum Gasteiger partial charge on any atom is -0.287 e. The molecule has 5 heteroatoms. The third-order valence-electron chi connectivity index (χ3n) is 2.07. The summed E-state index contributed by atoms with van der Waals surface area (Å²) >= 11 is 3.43. The molecule has 0 N–H and O–H groups in total. The largest absolute Gasteiger partial charge is 0.287 e. The molecule has 78 valence electrons. The summed E-state index contributed by atoms with van der Waals surface area (Å²) < 4.78 is 2.86. The number of aryl methyl sites for hydroxylation is 1. The molecule has 2 rings (SSSR count). The third-order valence-corrected chi connectivity index (χ3v) is 2.63. The van der Waals surface area contributed by atoms with Gasteiger partial charge in [-0.2, -0.15) is 0 Å². The van der Waals surface area contributed by atoms with E-state index in [1.54, 1.807) is 12.4 Å². The van der Waals surface area contributed by atoms with Crippen molar-refractivity contribution in [1.29, 1.82) is 0 Å². The molecule has 0 aliphatic rings. The Hall–Kier alpha value is -1.23. The number of halogens is 1. The predicted octanol–water partition coefficient (Wildman–Crippen LogP) is 2.38. The molecule has 0 bridgehead atoms. The first-order chi connectivity index (χ1) is 7.33. The summed E-state index contributed by atoms with van der Waals surface area (Å²) in [6.45, 7) is 2.13. The van der Waals surface area contributed by atoms with Crippen LogP contribution in [-0.4, -0.2) is 19.5 Å². The molecule has 0 amide bonds. The van der Waals surface area contributed by atoms with Gasteiger partial charge in [-0.25, -0.2) is 15.0 Å². The van der Waals surface area contributed by atoms with E-state index < -0.39 is 0 Å². The predicted molar refractivity (Wildman–Crippen MR) is 60.8 cm³/mol. The van der Waals surface area contributed by atoms with Gasteiger partial charge in [0.15, 0.2) is 5.82 Å². The van der Waals surface area contributed by atoms with Crippen LogP contribution in [0, 0.1) is 0 Å². The maximum Gasteiger partial charge on any atom is 0.155 e. The molecule has 2 aromatic heterocycles. The zero-order valence-corrected chi connectivity index (χ0v) is 9.98. The highest BCUT2D eigenvalue weighted by Gasteiger charge is 2.08.